The largest absolute Gasteiger partial charge is 0.324 e. The molecule has 1 fully saturated rings. The van der Waals surface area contributed by atoms with Crippen LogP contribution in [0, 0.1) is 13.8 Å². The lowest BCUT2D eigenvalue weighted by Gasteiger charge is -2.21. The van der Waals surface area contributed by atoms with E-state index in [4.69, 9.17) is 5.73 Å². The molecule has 0 radical (unpaired) electrons. The van der Waals surface area contributed by atoms with Crippen molar-refractivity contribution in [2.45, 2.75) is 58.5 Å². The van der Waals surface area contributed by atoms with Gasteiger partial charge in [0.1, 0.15) is 0 Å². The first-order valence-corrected chi connectivity index (χ1v) is 6.50. The molecular formula is C14H22N2O. The summed E-state index contributed by atoms with van der Waals surface area (Å²) >= 11 is 0. The normalized spacial score (nSPS) is 18.6. The van der Waals surface area contributed by atoms with Crippen molar-refractivity contribution in [3.63, 3.8) is 0 Å². The zero-order valence-corrected chi connectivity index (χ0v) is 11.0. The Bertz CT molecular complexity index is 468. The third-order valence-corrected chi connectivity index (χ3v) is 3.82. The van der Waals surface area contributed by atoms with Crippen LogP contribution in [0.4, 0.5) is 0 Å². The molecule has 0 aliphatic heterocycles. The Labute approximate surface area is 103 Å². The number of nitrogens with two attached hydrogens (primary N) is 1. The molecule has 1 unspecified atom stereocenters. The summed E-state index contributed by atoms with van der Waals surface area (Å²) in [5.41, 5.74) is 8.93. The molecule has 1 aliphatic rings. The Balaban J connectivity index is 2.58. The Hall–Kier alpha value is -1.09. The van der Waals surface area contributed by atoms with Crippen molar-refractivity contribution >= 4 is 0 Å². The maximum Gasteiger partial charge on any atom is 0.256 e. The summed E-state index contributed by atoms with van der Waals surface area (Å²) in [7, 11) is 0. The van der Waals surface area contributed by atoms with Gasteiger partial charge in [0.2, 0.25) is 0 Å². The maximum absolute atomic E-state index is 12.5. The summed E-state index contributed by atoms with van der Waals surface area (Å²) in [4.78, 5) is 12.5. The number of hydrogen-bond donors (Lipinski definition) is 1. The monoisotopic (exact) mass is 234 g/mol. The number of pyridine rings is 1. The van der Waals surface area contributed by atoms with Crippen molar-refractivity contribution in [3.8, 4) is 0 Å². The van der Waals surface area contributed by atoms with Crippen LogP contribution in [0.15, 0.2) is 10.9 Å². The minimum atomic E-state index is -0.184. The highest BCUT2D eigenvalue weighted by atomic mass is 16.1. The third-order valence-electron chi connectivity index (χ3n) is 3.82. The highest BCUT2D eigenvalue weighted by Gasteiger charge is 2.22. The van der Waals surface area contributed by atoms with Crippen molar-refractivity contribution < 1.29 is 0 Å². The summed E-state index contributed by atoms with van der Waals surface area (Å²) in [5.74, 6) is 0. The van der Waals surface area contributed by atoms with E-state index in [0.29, 0.717) is 6.04 Å². The third kappa shape index (κ3) is 2.16. The van der Waals surface area contributed by atoms with Crippen LogP contribution in [0.1, 0.15) is 61.5 Å². The summed E-state index contributed by atoms with van der Waals surface area (Å²) in [6.45, 7) is 5.89. The molecule has 94 valence electrons. The summed E-state index contributed by atoms with van der Waals surface area (Å²) in [5, 5.41) is 0. The molecule has 2 N–H and O–H groups in total. The molecular weight excluding hydrogens is 212 g/mol. The predicted octanol–water partition coefficient (Wildman–Crippen LogP) is 2.60. The predicted molar refractivity (Wildman–Crippen MR) is 70.3 cm³/mol. The standard InChI is InChI=1S/C14H22N2O/c1-9-8-10(2)16(12-6-4-5-7-12)14(17)13(9)11(3)15/h8,11-12H,4-7,15H2,1-3H3. The minimum absolute atomic E-state index is 0.129. The van der Waals surface area contributed by atoms with Crippen molar-refractivity contribution in [1.82, 2.24) is 4.57 Å². The van der Waals surface area contributed by atoms with E-state index in [1.807, 2.05) is 25.3 Å². The fourth-order valence-corrected chi connectivity index (χ4v) is 3.09. The Kier molecular flexibility index (Phi) is 3.38. The number of hydrogen-bond acceptors (Lipinski definition) is 2. The zero-order chi connectivity index (χ0) is 12.6. The fraction of sp³-hybridized carbons (Fsp3) is 0.643. The van der Waals surface area contributed by atoms with Gasteiger partial charge in [-0.05, 0) is 45.2 Å². The molecule has 0 bridgehead atoms. The van der Waals surface area contributed by atoms with Crippen LogP contribution in [0.2, 0.25) is 0 Å². The molecule has 0 amide bonds. The molecule has 1 heterocycles. The van der Waals surface area contributed by atoms with Gasteiger partial charge in [0.25, 0.3) is 5.56 Å². The number of aromatic nitrogens is 1. The van der Waals surface area contributed by atoms with Gasteiger partial charge in [-0.15, -0.1) is 0 Å². The maximum atomic E-state index is 12.5. The SMILES string of the molecule is Cc1cc(C)n(C2CCCC2)c(=O)c1C(C)N. The van der Waals surface area contributed by atoms with Crippen LogP contribution in [0.3, 0.4) is 0 Å². The highest BCUT2D eigenvalue weighted by Crippen LogP contribution is 2.29. The summed E-state index contributed by atoms with van der Waals surface area (Å²) < 4.78 is 1.97. The molecule has 0 saturated heterocycles. The van der Waals surface area contributed by atoms with Gasteiger partial charge in [0, 0.05) is 23.3 Å². The molecule has 1 saturated carbocycles. The second-order valence-electron chi connectivity index (χ2n) is 5.28. The highest BCUT2D eigenvalue weighted by molar-refractivity contribution is 5.29. The Morgan fingerprint density at radius 3 is 2.47 bits per heavy atom. The lowest BCUT2D eigenvalue weighted by molar-refractivity contribution is 0.484. The van der Waals surface area contributed by atoms with Gasteiger partial charge in [-0.3, -0.25) is 4.79 Å². The van der Waals surface area contributed by atoms with Crippen LogP contribution < -0.4 is 11.3 Å². The molecule has 1 atom stereocenters. The molecule has 1 aliphatic carbocycles. The van der Waals surface area contributed by atoms with Gasteiger partial charge in [-0.1, -0.05) is 12.8 Å². The topological polar surface area (TPSA) is 48.0 Å². The number of aryl methyl sites for hydroxylation is 2. The van der Waals surface area contributed by atoms with E-state index in [0.717, 1.165) is 29.7 Å². The van der Waals surface area contributed by atoms with Gasteiger partial charge < -0.3 is 10.3 Å². The van der Waals surface area contributed by atoms with Crippen LogP contribution in [0.25, 0.3) is 0 Å². The number of rotatable bonds is 2. The molecule has 1 aromatic rings. The number of nitrogens with zero attached hydrogens (tertiary/aromatic N) is 1. The van der Waals surface area contributed by atoms with Gasteiger partial charge in [0.05, 0.1) is 0 Å². The molecule has 0 spiro atoms. The van der Waals surface area contributed by atoms with Crippen molar-refractivity contribution in [2.75, 3.05) is 0 Å². The quantitative estimate of drug-likeness (QED) is 0.855. The van der Waals surface area contributed by atoms with Crippen LogP contribution in [0.5, 0.6) is 0 Å². The van der Waals surface area contributed by atoms with E-state index < -0.39 is 0 Å². The lowest BCUT2D eigenvalue weighted by atomic mass is 10.0. The molecule has 17 heavy (non-hydrogen) atoms. The second kappa shape index (κ2) is 4.65. The minimum Gasteiger partial charge on any atom is -0.324 e. The zero-order valence-electron chi connectivity index (χ0n) is 11.0. The van der Waals surface area contributed by atoms with Crippen LogP contribution in [-0.4, -0.2) is 4.57 Å². The molecule has 3 heteroatoms. The van der Waals surface area contributed by atoms with E-state index in [1.165, 1.54) is 12.8 Å². The van der Waals surface area contributed by atoms with Crippen molar-refractivity contribution in [2.24, 2.45) is 5.73 Å². The van der Waals surface area contributed by atoms with Gasteiger partial charge >= 0.3 is 0 Å². The van der Waals surface area contributed by atoms with E-state index >= 15 is 0 Å². The first-order chi connectivity index (χ1) is 8.02. The summed E-state index contributed by atoms with van der Waals surface area (Å²) in [6.07, 6.45) is 4.72. The van der Waals surface area contributed by atoms with Gasteiger partial charge in [0.15, 0.2) is 0 Å². The van der Waals surface area contributed by atoms with E-state index in [9.17, 15) is 4.79 Å². The molecule has 1 aromatic heterocycles. The average Bonchev–Trinajstić information content (AvgIpc) is 2.69. The lowest BCUT2D eigenvalue weighted by Crippen LogP contribution is -2.32. The van der Waals surface area contributed by atoms with Gasteiger partial charge in [-0.2, -0.15) is 0 Å². The van der Waals surface area contributed by atoms with Crippen LogP contribution in [-0.2, 0) is 0 Å². The fourth-order valence-electron chi connectivity index (χ4n) is 3.09. The summed E-state index contributed by atoms with van der Waals surface area (Å²) in [6, 6.07) is 2.30. The first kappa shape index (κ1) is 12.4. The van der Waals surface area contributed by atoms with E-state index in [-0.39, 0.29) is 11.6 Å². The van der Waals surface area contributed by atoms with E-state index in [1.54, 1.807) is 0 Å². The van der Waals surface area contributed by atoms with Crippen molar-refractivity contribution in [1.29, 1.82) is 0 Å². The molecule has 3 nitrogen and oxygen atoms in total. The van der Waals surface area contributed by atoms with Crippen molar-refractivity contribution in [3.05, 3.63) is 33.2 Å². The molecule has 0 aromatic carbocycles. The average molecular weight is 234 g/mol. The second-order valence-corrected chi connectivity index (χ2v) is 5.28. The van der Waals surface area contributed by atoms with E-state index in [2.05, 4.69) is 6.07 Å². The Morgan fingerprint density at radius 1 is 1.35 bits per heavy atom. The first-order valence-electron chi connectivity index (χ1n) is 6.50. The Morgan fingerprint density at radius 2 is 1.94 bits per heavy atom. The van der Waals surface area contributed by atoms with Gasteiger partial charge in [-0.25, -0.2) is 0 Å². The molecule has 2 rings (SSSR count). The van der Waals surface area contributed by atoms with Crippen LogP contribution >= 0.6 is 0 Å². The smallest absolute Gasteiger partial charge is 0.256 e.